The van der Waals surface area contributed by atoms with Gasteiger partial charge in [-0.3, -0.25) is 9.59 Å². The number of aromatic nitrogens is 2. The number of aliphatic carboxylic acids is 1. The number of rotatable bonds is 2. The Morgan fingerprint density at radius 1 is 1.35 bits per heavy atom. The molecule has 3 rings (SSSR count). The summed E-state index contributed by atoms with van der Waals surface area (Å²) in [6.45, 7) is 0.555. The van der Waals surface area contributed by atoms with Gasteiger partial charge >= 0.3 is 5.97 Å². The van der Waals surface area contributed by atoms with Crippen molar-refractivity contribution >= 4 is 23.6 Å². The van der Waals surface area contributed by atoms with E-state index in [-0.39, 0.29) is 18.1 Å². The lowest BCUT2D eigenvalue weighted by atomic mass is 9.89. The van der Waals surface area contributed by atoms with Crippen LogP contribution in [0.2, 0.25) is 0 Å². The van der Waals surface area contributed by atoms with Crippen molar-refractivity contribution in [2.24, 2.45) is 0 Å². The van der Waals surface area contributed by atoms with Gasteiger partial charge in [-0.1, -0.05) is 24.3 Å². The van der Waals surface area contributed by atoms with E-state index in [0.717, 1.165) is 22.9 Å². The number of hydrogen-bond donors (Lipinski definition) is 1. The number of carbonyl (C=O) groups excluding carboxylic acids is 1. The fraction of sp³-hybridized carbons (Fsp3) is 0.231. The molecule has 0 radical (unpaired) electrons. The number of carbonyl (C=O) groups is 2. The van der Waals surface area contributed by atoms with Crippen molar-refractivity contribution < 1.29 is 14.7 Å². The molecule has 1 aliphatic heterocycles. The second-order valence-corrected chi connectivity index (χ2v) is 5.12. The van der Waals surface area contributed by atoms with E-state index in [1.54, 1.807) is 6.07 Å². The van der Waals surface area contributed by atoms with Crippen LogP contribution in [0.4, 0.5) is 0 Å². The zero-order chi connectivity index (χ0) is 14.1. The first-order chi connectivity index (χ1) is 9.66. The molecular weight excluding hydrogens is 278 g/mol. The first kappa shape index (κ1) is 12.7. The van der Waals surface area contributed by atoms with Crippen LogP contribution in [0.5, 0.6) is 0 Å². The first-order valence-corrected chi connectivity index (χ1v) is 6.77. The number of amides is 1. The van der Waals surface area contributed by atoms with Gasteiger partial charge in [0.25, 0.3) is 5.91 Å². The standard InChI is InChI=1S/C13H11N3O3S/c17-12(11-5-14-20-15-11)16-6-8-3-1-2-4-9(8)10(7-16)13(18)19/h1-5,10H,6-7H2,(H,18,19). The summed E-state index contributed by atoms with van der Waals surface area (Å²) < 4.78 is 7.71. The summed E-state index contributed by atoms with van der Waals surface area (Å²) in [6.07, 6.45) is 1.41. The summed E-state index contributed by atoms with van der Waals surface area (Å²) in [4.78, 5) is 25.2. The van der Waals surface area contributed by atoms with Gasteiger partial charge in [-0.2, -0.15) is 8.75 Å². The third-order valence-corrected chi connectivity index (χ3v) is 3.84. The summed E-state index contributed by atoms with van der Waals surface area (Å²) in [5, 5.41) is 9.35. The summed E-state index contributed by atoms with van der Waals surface area (Å²) in [5.74, 6) is -1.90. The molecule has 7 heteroatoms. The van der Waals surface area contributed by atoms with Gasteiger partial charge in [0.05, 0.1) is 23.8 Å². The van der Waals surface area contributed by atoms with Crippen LogP contribution in [0, 0.1) is 0 Å². The number of carboxylic acids is 1. The average Bonchev–Trinajstić information content (AvgIpc) is 2.99. The van der Waals surface area contributed by atoms with Gasteiger partial charge < -0.3 is 10.0 Å². The van der Waals surface area contributed by atoms with Crippen LogP contribution in [0.3, 0.4) is 0 Å². The third kappa shape index (κ3) is 2.16. The molecule has 0 fully saturated rings. The molecule has 0 bridgehead atoms. The lowest BCUT2D eigenvalue weighted by Crippen LogP contribution is -2.40. The third-order valence-electron chi connectivity index (χ3n) is 3.36. The highest BCUT2D eigenvalue weighted by Gasteiger charge is 2.33. The Balaban J connectivity index is 1.94. The molecule has 102 valence electrons. The number of hydrogen-bond acceptors (Lipinski definition) is 5. The number of nitrogens with zero attached hydrogens (tertiary/aromatic N) is 3. The van der Waals surface area contributed by atoms with E-state index in [1.807, 2.05) is 18.2 Å². The fourth-order valence-corrected chi connectivity index (χ4v) is 2.80. The lowest BCUT2D eigenvalue weighted by molar-refractivity contribution is -0.139. The summed E-state index contributed by atoms with van der Waals surface area (Å²) >= 11 is 0.961. The monoisotopic (exact) mass is 289 g/mol. The topological polar surface area (TPSA) is 83.4 Å². The molecule has 2 aromatic rings. The second-order valence-electron chi connectivity index (χ2n) is 4.57. The molecule has 1 aromatic carbocycles. The van der Waals surface area contributed by atoms with Gasteiger partial charge in [0.15, 0.2) is 5.69 Å². The largest absolute Gasteiger partial charge is 0.481 e. The van der Waals surface area contributed by atoms with Crippen LogP contribution >= 0.6 is 11.7 Å². The maximum Gasteiger partial charge on any atom is 0.312 e. The SMILES string of the molecule is O=C(O)C1CN(C(=O)c2cnsn2)Cc2ccccc21. The Morgan fingerprint density at radius 2 is 2.15 bits per heavy atom. The fourth-order valence-electron chi connectivity index (χ4n) is 2.39. The normalized spacial score (nSPS) is 17.6. The van der Waals surface area contributed by atoms with Crippen molar-refractivity contribution in [3.8, 4) is 0 Å². The molecule has 20 heavy (non-hydrogen) atoms. The number of benzene rings is 1. The van der Waals surface area contributed by atoms with Crippen molar-refractivity contribution in [2.45, 2.75) is 12.5 Å². The smallest absolute Gasteiger partial charge is 0.312 e. The quantitative estimate of drug-likeness (QED) is 0.902. The maximum absolute atomic E-state index is 12.3. The van der Waals surface area contributed by atoms with E-state index in [9.17, 15) is 14.7 Å². The van der Waals surface area contributed by atoms with Crippen molar-refractivity contribution in [3.05, 3.63) is 47.3 Å². The highest BCUT2D eigenvalue weighted by molar-refractivity contribution is 6.99. The van der Waals surface area contributed by atoms with Crippen LogP contribution in [-0.4, -0.2) is 37.2 Å². The van der Waals surface area contributed by atoms with Gasteiger partial charge in [-0.15, -0.1) is 0 Å². The Hall–Kier alpha value is -2.28. The van der Waals surface area contributed by atoms with E-state index in [0.29, 0.717) is 6.54 Å². The van der Waals surface area contributed by atoms with Crippen LogP contribution in [0.15, 0.2) is 30.5 Å². The zero-order valence-electron chi connectivity index (χ0n) is 10.4. The molecule has 0 spiro atoms. The Kier molecular flexibility index (Phi) is 3.19. The number of carboxylic acid groups (broad SMARTS) is 1. The van der Waals surface area contributed by atoms with Crippen LogP contribution in [-0.2, 0) is 11.3 Å². The zero-order valence-corrected chi connectivity index (χ0v) is 11.2. The second kappa shape index (κ2) is 5.01. The van der Waals surface area contributed by atoms with Crippen LogP contribution < -0.4 is 0 Å². The molecule has 0 saturated carbocycles. The van der Waals surface area contributed by atoms with Gasteiger partial charge in [0.1, 0.15) is 0 Å². The molecule has 1 unspecified atom stereocenters. The predicted molar refractivity (Wildman–Crippen MR) is 71.5 cm³/mol. The van der Waals surface area contributed by atoms with E-state index >= 15 is 0 Å². The van der Waals surface area contributed by atoms with E-state index in [1.165, 1.54) is 11.1 Å². The van der Waals surface area contributed by atoms with Gasteiger partial charge in [0.2, 0.25) is 0 Å². The minimum Gasteiger partial charge on any atom is -0.481 e. The molecule has 0 aliphatic carbocycles. The maximum atomic E-state index is 12.3. The van der Waals surface area contributed by atoms with E-state index < -0.39 is 11.9 Å². The molecule has 1 N–H and O–H groups in total. The Morgan fingerprint density at radius 3 is 2.85 bits per heavy atom. The van der Waals surface area contributed by atoms with Crippen molar-refractivity contribution in [3.63, 3.8) is 0 Å². The molecular formula is C13H11N3O3S. The molecule has 2 heterocycles. The molecule has 1 atom stereocenters. The minimum absolute atomic E-state index is 0.155. The summed E-state index contributed by atoms with van der Waals surface area (Å²) in [5.41, 5.74) is 1.90. The van der Waals surface area contributed by atoms with Gasteiger partial charge in [-0.05, 0) is 11.1 Å². The van der Waals surface area contributed by atoms with Crippen molar-refractivity contribution in [2.75, 3.05) is 6.54 Å². The summed E-state index contributed by atoms with van der Waals surface area (Å²) in [6, 6.07) is 7.32. The van der Waals surface area contributed by atoms with Gasteiger partial charge in [0, 0.05) is 13.1 Å². The molecule has 0 saturated heterocycles. The van der Waals surface area contributed by atoms with E-state index in [2.05, 4.69) is 8.75 Å². The average molecular weight is 289 g/mol. The number of fused-ring (bicyclic) bond motifs is 1. The minimum atomic E-state index is -0.925. The molecule has 6 nitrogen and oxygen atoms in total. The first-order valence-electron chi connectivity index (χ1n) is 6.04. The van der Waals surface area contributed by atoms with Crippen molar-refractivity contribution in [1.29, 1.82) is 0 Å². The predicted octanol–water partition coefficient (Wildman–Crippen LogP) is 1.36. The molecule has 1 aromatic heterocycles. The molecule has 1 aliphatic rings. The van der Waals surface area contributed by atoms with Crippen molar-refractivity contribution in [1.82, 2.24) is 13.6 Å². The summed E-state index contributed by atoms with van der Waals surface area (Å²) in [7, 11) is 0. The molecule has 1 amide bonds. The van der Waals surface area contributed by atoms with Crippen LogP contribution in [0.1, 0.15) is 27.5 Å². The van der Waals surface area contributed by atoms with E-state index in [4.69, 9.17) is 0 Å². The van der Waals surface area contributed by atoms with Crippen LogP contribution in [0.25, 0.3) is 0 Å². The Bertz CT molecular complexity index is 657. The van der Waals surface area contributed by atoms with Gasteiger partial charge in [-0.25, -0.2) is 0 Å². The lowest BCUT2D eigenvalue weighted by Gasteiger charge is -2.32. The Labute approximate surface area is 119 Å². The highest BCUT2D eigenvalue weighted by atomic mass is 32.1. The highest BCUT2D eigenvalue weighted by Crippen LogP contribution is 2.29.